The Labute approximate surface area is 153 Å². The summed E-state index contributed by atoms with van der Waals surface area (Å²) in [6.07, 6.45) is 3.06. The third-order valence-corrected chi connectivity index (χ3v) is 5.22. The summed E-state index contributed by atoms with van der Waals surface area (Å²) in [6, 6.07) is 12.3. The van der Waals surface area contributed by atoms with Gasteiger partial charge in [-0.15, -0.1) is 0 Å². The first-order valence-electron chi connectivity index (χ1n) is 8.09. The number of nitrogens with one attached hydrogen (secondary N) is 2. The van der Waals surface area contributed by atoms with Gasteiger partial charge in [-0.3, -0.25) is 9.52 Å². The van der Waals surface area contributed by atoms with Crippen molar-refractivity contribution in [3.63, 3.8) is 0 Å². The molecule has 1 amide bonds. The summed E-state index contributed by atoms with van der Waals surface area (Å²) >= 11 is 5.78. The minimum absolute atomic E-state index is 0.103. The number of rotatable bonds is 8. The highest BCUT2D eigenvalue weighted by molar-refractivity contribution is 7.92. The molecule has 0 heterocycles. The molecule has 0 aliphatic carbocycles. The molecule has 0 bridgehead atoms. The van der Waals surface area contributed by atoms with Crippen LogP contribution in [0.5, 0.6) is 0 Å². The lowest BCUT2D eigenvalue weighted by molar-refractivity contribution is 0.0953. The number of sulfonamides is 1. The Morgan fingerprint density at radius 1 is 1.08 bits per heavy atom. The van der Waals surface area contributed by atoms with Crippen LogP contribution >= 0.6 is 11.6 Å². The van der Waals surface area contributed by atoms with Gasteiger partial charge in [0.15, 0.2) is 0 Å². The number of hydrogen-bond acceptors (Lipinski definition) is 3. The number of carbonyl (C=O) groups is 1. The fourth-order valence-corrected chi connectivity index (χ4v) is 3.41. The highest BCUT2D eigenvalue weighted by atomic mass is 35.5. The summed E-state index contributed by atoms with van der Waals surface area (Å²) in [6.45, 7) is 2.70. The lowest BCUT2D eigenvalue weighted by Gasteiger charge is -2.10. The number of carbonyl (C=O) groups excluding carboxylic acids is 1. The molecule has 25 heavy (non-hydrogen) atoms. The first-order chi connectivity index (χ1) is 11.9. The van der Waals surface area contributed by atoms with E-state index < -0.39 is 10.0 Å². The van der Waals surface area contributed by atoms with E-state index >= 15 is 0 Å². The standard InChI is InChI=1S/C18H21ClN2O3S/c1-2-3-4-12-20-18(22)14-6-5-7-16(13-14)21-25(23,24)17-10-8-15(19)9-11-17/h5-11,13,21H,2-4,12H2,1H3,(H,20,22). The van der Waals surface area contributed by atoms with Crippen molar-refractivity contribution < 1.29 is 13.2 Å². The van der Waals surface area contributed by atoms with Crippen LogP contribution in [-0.4, -0.2) is 20.9 Å². The molecule has 2 aromatic rings. The fourth-order valence-electron chi connectivity index (χ4n) is 2.23. The lowest BCUT2D eigenvalue weighted by Crippen LogP contribution is -2.24. The Morgan fingerprint density at radius 2 is 1.80 bits per heavy atom. The normalized spacial score (nSPS) is 11.1. The molecule has 0 saturated carbocycles. The third kappa shape index (κ3) is 5.76. The molecular formula is C18H21ClN2O3S. The lowest BCUT2D eigenvalue weighted by atomic mass is 10.2. The van der Waals surface area contributed by atoms with Gasteiger partial charge in [0, 0.05) is 22.8 Å². The van der Waals surface area contributed by atoms with Gasteiger partial charge in [-0.05, 0) is 48.9 Å². The summed E-state index contributed by atoms with van der Waals surface area (Å²) in [5.74, 6) is -0.219. The second-order valence-corrected chi connectivity index (χ2v) is 7.72. The van der Waals surface area contributed by atoms with E-state index in [9.17, 15) is 13.2 Å². The van der Waals surface area contributed by atoms with Crippen molar-refractivity contribution >= 4 is 33.2 Å². The smallest absolute Gasteiger partial charge is 0.261 e. The summed E-state index contributed by atoms with van der Waals surface area (Å²) < 4.78 is 27.2. The number of unbranched alkanes of at least 4 members (excludes halogenated alkanes) is 2. The van der Waals surface area contributed by atoms with Crippen molar-refractivity contribution in [1.29, 1.82) is 0 Å². The Morgan fingerprint density at radius 3 is 2.48 bits per heavy atom. The first kappa shape index (κ1) is 19.3. The molecule has 0 saturated heterocycles. The maximum absolute atomic E-state index is 12.4. The van der Waals surface area contributed by atoms with Crippen LogP contribution in [0.25, 0.3) is 0 Å². The van der Waals surface area contributed by atoms with E-state index in [-0.39, 0.29) is 10.8 Å². The largest absolute Gasteiger partial charge is 0.352 e. The average molecular weight is 381 g/mol. The van der Waals surface area contributed by atoms with Gasteiger partial charge in [-0.2, -0.15) is 0 Å². The molecule has 0 unspecified atom stereocenters. The fraction of sp³-hybridized carbons (Fsp3) is 0.278. The molecule has 2 N–H and O–H groups in total. The quantitative estimate of drug-likeness (QED) is 0.678. The Kier molecular flexibility index (Phi) is 6.84. The molecule has 0 aliphatic rings. The molecule has 0 aromatic heterocycles. The van der Waals surface area contributed by atoms with E-state index in [2.05, 4.69) is 17.0 Å². The molecule has 0 radical (unpaired) electrons. The average Bonchev–Trinajstić information content (AvgIpc) is 2.59. The van der Waals surface area contributed by atoms with E-state index in [1.807, 2.05) is 0 Å². The van der Waals surface area contributed by atoms with E-state index in [0.29, 0.717) is 22.8 Å². The van der Waals surface area contributed by atoms with Crippen LogP contribution in [0.1, 0.15) is 36.5 Å². The van der Waals surface area contributed by atoms with Gasteiger partial charge >= 0.3 is 0 Å². The van der Waals surface area contributed by atoms with Crippen LogP contribution in [0.3, 0.4) is 0 Å². The molecule has 0 aliphatic heterocycles. The van der Waals surface area contributed by atoms with Crippen molar-refractivity contribution in [3.8, 4) is 0 Å². The van der Waals surface area contributed by atoms with E-state index in [1.165, 1.54) is 30.3 Å². The van der Waals surface area contributed by atoms with Gasteiger partial charge in [0.2, 0.25) is 0 Å². The van der Waals surface area contributed by atoms with Crippen molar-refractivity contribution in [2.45, 2.75) is 31.1 Å². The molecule has 0 atom stereocenters. The van der Waals surface area contributed by atoms with Crippen molar-refractivity contribution in [3.05, 3.63) is 59.1 Å². The van der Waals surface area contributed by atoms with E-state index in [0.717, 1.165) is 19.3 Å². The molecule has 134 valence electrons. The number of hydrogen-bond donors (Lipinski definition) is 2. The van der Waals surface area contributed by atoms with E-state index in [4.69, 9.17) is 11.6 Å². The molecule has 0 fully saturated rings. The zero-order valence-electron chi connectivity index (χ0n) is 14.0. The summed E-state index contributed by atoms with van der Waals surface area (Å²) in [5.41, 5.74) is 0.740. The van der Waals surface area contributed by atoms with Crippen molar-refractivity contribution in [1.82, 2.24) is 5.32 Å². The van der Waals surface area contributed by atoms with Crippen molar-refractivity contribution in [2.24, 2.45) is 0 Å². The molecule has 2 rings (SSSR count). The SMILES string of the molecule is CCCCCNC(=O)c1cccc(NS(=O)(=O)c2ccc(Cl)cc2)c1. The molecule has 7 heteroatoms. The van der Waals surface area contributed by atoms with Gasteiger partial charge in [0.05, 0.1) is 4.90 Å². The zero-order chi connectivity index (χ0) is 18.3. The summed E-state index contributed by atoms with van der Waals surface area (Å²) in [5, 5.41) is 3.29. The van der Waals surface area contributed by atoms with Crippen LogP contribution in [0, 0.1) is 0 Å². The maximum Gasteiger partial charge on any atom is 0.261 e. The Hall–Kier alpha value is -2.05. The highest BCUT2D eigenvalue weighted by Gasteiger charge is 2.15. The van der Waals surface area contributed by atoms with E-state index in [1.54, 1.807) is 18.2 Å². The number of amides is 1. The molecular weight excluding hydrogens is 360 g/mol. The Balaban J connectivity index is 2.08. The van der Waals surface area contributed by atoms with Gasteiger partial charge in [0.1, 0.15) is 0 Å². The predicted molar refractivity (Wildman–Crippen MR) is 101 cm³/mol. The summed E-state index contributed by atoms with van der Waals surface area (Å²) in [7, 11) is -3.74. The number of halogens is 1. The van der Waals surface area contributed by atoms with Crippen LogP contribution in [0.15, 0.2) is 53.4 Å². The van der Waals surface area contributed by atoms with Crippen molar-refractivity contribution in [2.75, 3.05) is 11.3 Å². The van der Waals surface area contributed by atoms with Gasteiger partial charge < -0.3 is 5.32 Å². The minimum atomic E-state index is -3.74. The van der Waals surface area contributed by atoms with Crippen LogP contribution in [0.2, 0.25) is 5.02 Å². The van der Waals surface area contributed by atoms with Crippen LogP contribution in [-0.2, 0) is 10.0 Å². The second kappa shape index (κ2) is 8.87. The summed E-state index contributed by atoms with van der Waals surface area (Å²) in [4.78, 5) is 12.2. The molecule has 5 nitrogen and oxygen atoms in total. The zero-order valence-corrected chi connectivity index (χ0v) is 15.5. The molecule has 2 aromatic carbocycles. The minimum Gasteiger partial charge on any atom is -0.352 e. The number of anilines is 1. The van der Waals surface area contributed by atoms with Gasteiger partial charge in [0.25, 0.3) is 15.9 Å². The second-order valence-electron chi connectivity index (χ2n) is 5.60. The van der Waals surface area contributed by atoms with Gasteiger partial charge in [-0.1, -0.05) is 37.4 Å². The maximum atomic E-state index is 12.4. The van der Waals surface area contributed by atoms with Crippen LogP contribution < -0.4 is 10.0 Å². The highest BCUT2D eigenvalue weighted by Crippen LogP contribution is 2.19. The third-order valence-electron chi connectivity index (χ3n) is 3.57. The Bertz CT molecular complexity index is 820. The molecule has 0 spiro atoms. The number of benzene rings is 2. The predicted octanol–water partition coefficient (Wildman–Crippen LogP) is 4.06. The van der Waals surface area contributed by atoms with Crippen LogP contribution in [0.4, 0.5) is 5.69 Å². The first-order valence-corrected chi connectivity index (χ1v) is 9.95. The topological polar surface area (TPSA) is 75.3 Å². The monoisotopic (exact) mass is 380 g/mol. The van der Waals surface area contributed by atoms with Gasteiger partial charge in [-0.25, -0.2) is 8.42 Å².